The first-order chi connectivity index (χ1) is 14.2. The smallest absolute Gasteiger partial charge is 0.255 e. The molecule has 1 aliphatic heterocycles. The predicted molar refractivity (Wildman–Crippen MR) is 113 cm³/mol. The number of piperidine rings is 1. The third kappa shape index (κ3) is 4.03. The van der Waals surface area contributed by atoms with Crippen molar-refractivity contribution in [3.8, 4) is 22.7 Å². The number of nitrogens with zero attached hydrogens (tertiary/aromatic N) is 2. The van der Waals surface area contributed by atoms with Gasteiger partial charge in [0.15, 0.2) is 0 Å². The van der Waals surface area contributed by atoms with Crippen molar-refractivity contribution in [2.45, 2.75) is 19.4 Å². The summed E-state index contributed by atoms with van der Waals surface area (Å²) in [5.74, 6) is 0.966. The summed E-state index contributed by atoms with van der Waals surface area (Å²) in [6.45, 7) is 3.98. The molecule has 29 heavy (non-hydrogen) atoms. The Kier molecular flexibility index (Phi) is 5.62. The van der Waals surface area contributed by atoms with Gasteiger partial charge in [-0.05, 0) is 49.7 Å². The molecule has 6 heteroatoms. The molecule has 1 fully saturated rings. The lowest BCUT2D eigenvalue weighted by Crippen LogP contribution is -2.48. The Morgan fingerprint density at radius 1 is 1.17 bits per heavy atom. The predicted octanol–water partition coefficient (Wildman–Crippen LogP) is 3.28. The van der Waals surface area contributed by atoms with E-state index in [1.54, 1.807) is 18.0 Å². The van der Waals surface area contributed by atoms with Crippen LogP contribution in [0.3, 0.4) is 0 Å². The number of hydrogen-bond acceptors (Lipinski definition) is 4. The van der Waals surface area contributed by atoms with Gasteiger partial charge in [-0.3, -0.25) is 4.79 Å². The van der Waals surface area contributed by atoms with E-state index in [-0.39, 0.29) is 11.9 Å². The number of benzene rings is 2. The number of hydrogen-bond donors (Lipinski definition) is 2. The Hall–Kier alpha value is -3.12. The zero-order valence-electron chi connectivity index (χ0n) is 16.8. The molecule has 0 radical (unpaired) electrons. The van der Waals surface area contributed by atoms with Crippen molar-refractivity contribution in [2.75, 3.05) is 20.2 Å². The van der Waals surface area contributed by atoms with Crippen LogP contribution in [0.25, 0.3) is 16.9 Å². The number of ether oxygens (including phenoxy) is 1. The first kappa shape index (κ1) is 19.2. The molecule has 2 heterocycles. The van der Waals surface area contributed by atoms with Gasteiger partial charge in [-0.25, -0.2) is 4.68 Å². The number of amides is 1. The third-order valence-electron chi connectivity index (χ3n) is 5.44. The lowest BCUT2D eigenvalue weighted by atomic mass is 9.95. The molecule has 3 aromatic rings. The summed E-state index contributed by atoms with van der Waals surface area (Å²) < 4.78 is 7.28. The first-order valence-corrected chi connectivity index (χ1v) is 9.97. The van der Waals surface area contributed by atoms with Gasteiger partial charge in [-0.15, -0.1) is 0 Å². The van der Waals surface area contributed by atoms with E-state index in [0.717, 1.165) is 30.8 Å². The Labute approximate surface area is 170 Å². The van der Waals surface area contributed by atoms with Crippen molar-refractivity contribution >= 4 is 5.91 Å². The Morgan fingerprint density at radius 2 is 1.93 bits per heavy atom. The molecule has 0 bridgehead atoms. The summed E-state index contributed by atoms with van der Waals surface area (Å²) in [6, 6.07) is 17.6. The van der Waals surface area contributed by atoms with Gasteiger partial charge in [0.2, 0.25) is 0 Å². The Bertz CT molecular complexity index is 984. The molecule has 2 unspecified atom stereocenters. The second kappa shape index (κ2) is 8.49. The molecule has 4 rings (SSSR count). The van der Waals surface area contributed by atoms with Crippen LogP contribution in [0.15, 0.2) is 60.8 Å². The van der Waals surface area contributed by atoms with E-state index in [0.29, 0.717) is 22.9 Å². The Balaban J connectivity index is 1.75. The standard InChI is InChI=1S/C23H26N4O2/c1-16-14-24-13-12-20(16)25-23(28)19-15-27(17-8-4-3-5-9-17)26-22(19)18-10-6-7-11-21(18)29-2/h3-11,15-16,20,24H,12-14H2,1-2H3,(H,25,28). The van der Waals surface area contributed by atoms with Crippen LogP contribution in [-0.4, -0.2) is 41.9 Å². The zero-order valence-corrected chi connectivity index (χ0v) is 16.8. The quantitative estimate of drug-likeness (QED) is 0.702. The fourth-order valence-corrected chi connectivity index (χ4v) is 3.77. The fourth-order valence-electron chi connectivity index (χ4n) is 3.77. The largest absolute Gasteiger partial charge is 0.496 e. The van der Waals surface area contributed by atoms with Crippen molar-refractivity contribution < 1.29 is 9.53 Å². The number of para-hydroxylation sites is 2. The fraction of sp³-hybridized carbons (Fsp3) is 0.304. The maximum Gasteiger partial charge on any atom is 0.255 e. The molecule has 2 atom stereocenters. The van der Waals surface area contributed by atoms with Gasteiger partial charge < -0.3 is 15.4 Å². The van der Waals surface area contributed by atoms with Crippen LogP contribution in [-0.2, 0) is 0 Å². The highest BCUT2D eigenvalue weighted by atomic mass is 16.5. The average molecular weight is 390 g/mol. The molecule has 1 aliphatic rings. The number of carbonyl (C=O) groups is 1. The van der Waals surface area contributed by atoms with Crippen LogP contribution in [0.5, 0.6) is 5.75 Å². The van der Waals surface area contributed by atoms with Crippen LogP contribution in [0, 0.1) is 5.92 Å². The van der Waals surface area contributed by atoms with E-state index in [1.165, 1.54) is 0 Å². The van der Waals surface area contributed by atoms with E-state index in [9.17, 15) is 4.79 Å². The van der Waals surface area contributed by atoms with Crippen molar-refractivity contribution in [3.05, 3.63) is 66.4 Å². The third-order valence-corrected chi connectivity index (χ3v) is 5.44. The van der Waals surface area contributed by atoms with Gasteiger partial charge in [-0.1, -0.05) is 37.3 Å². The minimum Gasteiger partial charge on any atom is -0.496 e. The lowest BCUT2D eigenvalue weighted by Gasteiger charge is -2.30. The molecular formula is C23H26N4O2. The lowest BCUT2D eigenvalue weighted by molar-refractivity contribution is 0.0915. The summed E-state index contributed by atoms with van der Waals surface area (Å²) in [7, 11) is 1.63. The highest BCUT2D eigenvalue weighted by Gasteiger charge is 2.26. The van der Waals surface area contributed by atoms with Gasteiger partial charge in [0.1, 0.15) is 11.4 Å². The first-order valence-electron chi connectivity index (χ1n) is 9.97. The Morgan fingerprint density at radius 3 is 2.69 bits per heavy atom. The minimum atomic E-state index is -0.105. The topological polar surface area (TPSA) is 68.2 Å². The van der Waals surface area contributed by atoms with Crippen molar-refractivity contribution in [1.29, 1.82) is 0 Å². The van der Waals surface area contributed by atoms with Crippen LogP contribution in [0.1, 0.15) is 23.7 Å². The highest BCUT2D eigenvalue weighted by molar-refractivity contribution is 6.00. The minimum absolute atomic E-state index is 0.105. The van der Waals surface area contributed by atoms with Crippen molar-refractivity contribution in [2.24, 2.45) is 5.92 Å². The highest BCUT2D eigenvalue weighted by Crippen LogP contribution is 2.32. The maximum atomic E-state index is 13.3. The molecule has 2 aromatic carbocycles. The van der Waals surface area contributed by atoms with Gasteiger partial charge in [0.25, 0.3) is 5.91 Å². The SMILES string of the molecule is COc1ccccc1-c1nn(-c2ccccc2)cc1C(=O)NC1CCNCC1C. The van der Waals surface area contributed by atoms with Crippen molar-refractivity contribution in [1.82, 2.24) is 20.4 Å². The second-order valence-electron chi connectivity index (χ2n) is 7.42. The monoisotopic (exact) mass is 390 g/mol. The van der Waals surface area contributed by atoms with E-state index in [1.807, 2.05) is 54.6 Å². The van der Waals surface area contributed by atoms with Crippen LogP contribution < -0.4 is 15.4 Å². The van der Waals surface area contributed by atoms with E-state index in [2.05, 4.69) is 17.6 Å². The summed E-state index contributed by atoms with van der Waals surface area (Å²) in [6.07, 6.45) is 2.72. The van der Waals surface area contributed by atoms with Gasteiger partial charge >= 0.3 is 0 Å². The summed E-state index contributed by atoms with van der Waals surface area (Å²) in [5, 5.41) is 11.4. The zero-order chi connectivity index (χ0) is 20.2. The van der Waals surface area contributed by atoms with Crippen LogP contribution in [0.2, 0.25) is 0 Å². The van der Waals surface area contributed by atoms with E-state index in [4.69, 9.17) is 9.84 Å². The summed E-state index contributed by atoms with van der Waals surface area (Å²) >= 11 is 0. The normalized spacial score (nSPS) is 19.0. The molecule has 0 aliphatic carbocycles. The maximum absolute atomic E-state index is 13.3. The molecule has 150 valence electrons. The molecule has 0 saturated carbocycles. The summed E-state index contributed by atoms with van der Waals surface area (Å²) in [4.78, 5) is 13.3. The molecule has 6 nitrogen and oxygen atoms in total. The average Bonchev–Trinajstić information content (AvgIpc) is 3.21. The van der Waals surface area contributed by atoms with Crippen LogP contribution >= 0.6 is 0 Å². The molecule has 1 amide bonds. The van der Waals surface area contributed by atoms with Gasteiger partial charge in [0, 0.05) is 17.8 Å². The molecule has 1 aromatic heterocycles. The van der Waals surface area contributed by atoms with Gasteiger partial charge in [0.05, 0.1) is 18.4 Å². The number of methoxy groups -OCH3 is 1. The number of nitrogens with one attached hydrogen (secondary N) is 2. The molecular weight excluding hydrogens is 364 g/mol. The molecule has 1 saturated heterocycles. The molecule has 2 N–H and O–H groups in total. The van der Waals surface area contributed by atoms with Crippen LogP contribution in [0.4, 0.5) is 0 Å². The van der Waals surface area contributed by atoms with E-state index >= 15 is 0 Å². The second-order valence-corrected chi connectivity index (χ2v) is 7.42. The summed E-state index contributed by atoms with van der Waals surface area (Å²) in [5.41, 5.74) is 2.86. The number of rotatable bonds is 5. The van der Waals surface area contributed by atoms with Gasteiger partial charge in [-0.2, -0.15) is 5.10 Å². The number of carbonyl (C=O) groups excluding carboxylic acids is 1. The molecule has 0 spiro atoms. The van der Waals surface area contributed by atoms with Crippen molar-refractivity contribution in [3.63, 3.8) is 0 Å². The number of aromatic nitrogens is 2. The van der Waals surface area contributed by atoms with E-state index < -0.39 is 0 Å².